The summed E-state index contributed by atoms with van der Waals surface area (Å²) in [4.78, 5) is 17.0. The zero-order valence-corrected chi connectivity index (χ0v) is 9.56. The maximum atomic E-state index is 10.3. The molecule has 5 heteroatoms. The lowest BCUT2D eigenvalue weighted by Gasteiger charge is -2.29. The van der Waals surface area contributed by atoms with Gasteiger partial charge in [-0.2, -0.15) is 4.98 Å². The van der Waals surface area contributed by atoms with Crippen molar-refractivity contribution in [1.29, 1.82) is 0 Å². The second kappa shape index (κ2) is 5.21. The molecule has 0 spiro atoms. The summed E-state index contributed by atoms with van der Waals surface area (Å²) in [5, 5.41) is 3.96. The number of piperidine rings is 1. The topological polar surface area (TPSA) is 59.2 Å². The first-order chi connectivity index (χ1) is 7.83. The summed E-state index contributed by atoms with van der Waals surface area (Å²) in [5.74, 6) is 1.55. The van der Waals surface area contributed by atoms with Gasteiger partial charge in [0.2, 0.25) is 5.89 Å². The third kappa shape index (κ3) is 2.47. The van der Waals surface area contributed by atoms with E-state index in [4.69, 9.17) is 4.52 Å². The molecule has 16 heavy (non-hydrogen) atoms. The van der Waals surface area contributed by atoms with Gasteiger partial charge in [-0.15, -0.1) is 0 Å². The molecule has 0 saturated carbocycles. The number of likely N-dealkylation sites (tertiary alicyclic amines) is 1. The maximum absolute atomic E-state index is 10.3. The third-order valence-electron chi connectivity index (χ3n) is 3.06. The van der Waals surface area contributed by atoms with Crippen molar-refractivity contribution in [2.24, 2.45) is 0 Å². The van der Waals surface area contributed by atoms with Gasteiger partial charge in [0.15, 0.2) is 5.82 Å². The van der Waals surface area contributed by atoms with Crippen LogP contribution in [0.25, 0.3) is 0 Å². The van der Waals surface area contributed by atoms with E-state index < -0.39 is 0 Å². The smallest absolute Gasteiger partial charge is 0.233 e. The second-order valence-electron chi connectivity index (χ2n) is 4.15. The van der Waals surface area contributed by atoms with Crippen molar-refractivity contribution >= 4 is 6.29 Å². The van der Waals surface area contributed by atoms with Gasteiger partial charge in [0.1, 0.15) is 6.29 Å². The molecule has 1 atom stereocenters. The predicted molar refractivity (Wildman–Crippen MR) is 58.2 cm³/mol. The highest BCUT2D eigenvalue weighted by Gasteiger charge is 2.24. The van der Waals surface area contributed by atoms with Crippen molar-refractivity contribution in [3.05, 3.63) is 11.7 Å². The maximum Gasteiger partial charge on any atom is 0.233 e. The molecule has 2 rings (SSSR count). The summed E-state index contributed by atoms with van der Waals surface area (Å²) < 4.78 is 5.02. The van der Waals surface area contributed by atoms with E-state index in [0.29, 0.717) is 11.8 Å². The highest BCUT2D eigenvalue weighted by Crippen LogP contribution is 2.24. The van der Waals surface area contributed by atoms with Gasteiger partial charge in [0.05, 0.1) is 6.42 Å². The van der Waals surface area contributed by atoms with Crippen molar-refractivity contribution in [2.75, 3.05) is 19.6 Å². The second-order valence-corrected chi connectivity index (χ2v) is 4.15. The van der Waals surface area contributed by atoms with Gasteiger partial charge in [-0.25, -0.2) is 0 Å². The summed E-state index contributed by atoms with van der Waals surface area (Å²) in [5.41, 5.74) is 0. The molecule has 1 aromatic heterocycles. The minimum absolute atomic E-state index is 0.219. The normalized spacial score (nSPS) is 22.2. The van der Waals surface area contributed by atoms with E-state index in [1.807, 2.05) is 0 Å². The van der Waals surface area contributed by atoms with Gasteiger partial charge in [-0.05, 0) is 25.9 Å². The van der Waals surface area contributed by atoms with Crippen molar-refractivity contribution < 1.29 is 9.32 Å². The van der Waals surface area contributed by atoms with E-state index in [0.717, 1.165) is 38.2 Å². The van der Waals surface area contributed by atoms with Gasteiger partial charge in [-0.3, -0.25) is 0 Å². The first-order valence-corrected chi connectivity index (χ1v) is 5.82. The van der Waals surface area contributed by atoms with Crippen LogP contribution in [0.5, 0.6) is 0 Å². The zero-order chi connectivity index (χ0) is 11.4. The Kier molecular flexibility index (Phi) is 3.66. The van der Waals surface area contributed by atoms with Crippen LogP contribution in [0.1, 0.15) is 37.4 Å². The van der Waals surface area contributed by atoms with E-state index in [-0.39, 0.29) is 6.42 Å². The third-order valence-corrected chi connectivity index (χ3v) is 3.06. The van der Waals surface area contributed by atoms with E-state index >= 15 is 0 Å². The number of carbonyl (C=O) groups excluding carboxylic acids is 1. The molecular weight excluding hydrogens is 206 g/mol. The molecule has 0 aromatic carbocycles. The fraction of sp³-hybridized carbons (Fsp3) is 0.727. The Bertz CT molecular complexity index is 351. The van der Waals surface area contributed by atoms with Crippen LogP contribution < -0.4 is 0 Å². The van der Waals surface area contributed by atoms with E-state index in [9.17, 15) is 4.79 Å². The number of aromatic nitrogens is 2. The van der Waals surface area contributed by atoms with Crippen LogP contribution in [-0.4, -0.2) is 41.0 Å². The van der Waals surface area contributed by atoms with Gasteiger partial charge < -0.3 is 14.2 Å². The van der Waals surface area contributed by atoms with Crippen LogP contribution in [0.4, 0.5) is 0 Å². The van der Waals surface area contributed by atoms with Crippen molar-refractivity contribution in [3.8, 4) is 0 Å². The molecular formula is C11H17N3O2. The molecule has 1 aliphatic rings. The fourth-order valence-electron chi connectivity index (χ4n) is 2.14. The Morgan fingerprint density at radius 3 is 3.25 bits per heavy atom. The number of aldehydes is 1. The van der Waals surface area contributed by atoms with Crippen LogP contribution in [-0.2, 0) is 11.2 Å². The lowest BCUT2D eigenvalue weighted by molar-refractivity contribution is -0.107. The quantitative estimate of drug-likeness (QED) is 0.713. The lowest BCUT2D eigenvalue weighted by Crippen LogP contribution is -2.34. The van der Waals surface area contributed by atoms with Gasteiger partial charge in [0, 0.05) is 12.5 Å². The molecule has 0 N–H and O–H groups in total. The molecule has 88 valence electrons. The van der Waals surface area contributed by atoms with Crippen LogP contribution in [0, 0.1) is 0 Å². The number of carbonyl (C=O) groups is 1. The Morgan fingerprint density at radius 2 is 2.50 bits per heavy atom. The summed E-state index contributed by atoms with van der Waals surface area (Å²) in [6, 6.07) is 0. The highest BCUT2D eigenvalue weighted by atomic mass is 16.5. The first kappa shape index (κ1) is 11.3. The molecule has 5 nitrogen and oxygen atoms in total. The molecule has 1 unspecified atom stereocenters. The van der Waals surface area contributed by atoms with Crippen LogP contribution in [0.3, 0.4) is 0 Å². The lowest BCUT2D eigenvalue weighted by atomic mass is 9.97. The van der Waals surface area contributed by atoms with Gasteiger partial charge in [0.25, 0.3) is 0 Å². The fourth-order valence-corrected chi connectivity index (χ4v) is 2.14. The Hall–Kier alpha value is -1.23. The summed E-state index contributed by atoms with van der Waals surface area (Å²) in [7, 11) is 0. The van der Waals surface area contributed by atoms with Crippen molar-refractivity contribution in [3.63, 3.8) is 0 Å². The Morgan fingerprint density at radius 1 is 1.62 bits per heavy atom. The summed E-state index contributed by atoms with van der Waals surface area (Å²) in [6.07, 6.45) is 3.29. The molecule has 1 fully saturated rings. The standard InChI is InChI=1S/C11H17N3O2/c1-2-14-6-3-4-9(8-14)11-12-10(5-7-15)16-13-11/h7,9H,2-6,8H2,1H3. The highest BCUT2D eigenvalue weighted by molar-refractivity contribution is 5.52. The average molecular weight is 223 g/mol. The first-order valence-electron chi connectivity index (χ1n) is 5.82. The number of hydrogen-bond acceptors (Lipinski definition) is 5. The van der Waals surface area contributed by atoms with Gasteiger partial charge >= 0.3 is 0 Å². The van der Waals surface area contributed by atoms with Gasteiger partial charge in [-0.1, -0.05) is 12.1 Å². The number of hydrogen-bond donors (Lipinski definition) is 0. The molecule has 0 bridgehead atoms. The molecule has 0 amide bonds. The van der Waals surface area contributed by atoms with Crippen LogP contribution in [0.15, 0.2) is 4.52 Å². The molecule has 0 aliphatic carbocycles. The summed E-state index contributed by atoms with van der Waals surface area (Å²) in [6.45, 7) is 5.38. The zero-order valence-electron chi connectivity index (χ0n) is 9.56. The molecule has 0 radical (unpaired) electrons. The SMILES string of the molecule is CCN1CCCC(c2noc(CC=O)n2)C1. The van der Waals surface area contributed by atoms with E-state index in [1.165, 1.54) is 6.42 Å². The minimum atomic E-state index is 0.219. The Balaban J connectivity index is 2.02. The average Bonchev–Trinajstić information content (AvgIpc) is 2.78. The summed E-state index contributed by atoms with van der Waals surface area (Å²) >= 11 is 0. The monoisotopic (exact) mass is 223 g/mol. The molecule has 1 aliphatic heterocycles. The minimum Gasteiger partial charge on any atom is -0.339 e. The number of rotatable bonds is 4. The largest absolute Gasteiger partial charge is 0.339 e. The van der Waals surface area contributed by atoms with Crippen LogP contribution in [0.2, 0.25) is 0 Å². The molecule has 1 saturated heterocycles. The predicted octanol–water partition coefficient (Wildman–Crippen LogP) is 1.01. The van der Waals surface area contributed by atoms with Crippen LogP contribution >= 0.6 is 0 Å². The number of nitrogens with zero attached hydrogens (tertiary/aromatic N) is 3. The van der Waals surface area contributed by atoms with Crippen molar-refractivity contribution in [2.45, 2.75) is 32.1 Å². The molecule has 2 heterocycles. The van der Waals surface area contributed by atoms with E-state index in [1.54, 1.807) is 0 Å². The van der Waals surface area contributed by atoms with Crippen molar-refractivity contribution in [1.82, 2.24) is 15.0 Å². The number of likely N-dealkylation sites (N-methyl/N-ethyl adjacent to an activating group) is 1. The van der Waals surface area contributed by atoms with E-state index in [2.05, 4.69) is 22.0 Å². The molecule has 1 aromatic rings. The Labute approximate surface area is 94.8 Å².